The van der Waals surface area contributed by atoms with Crippen molar-refractivity contribution in [1.82, 2.24) is 14.7 Å². The van der Waals surface area contributed by atoms with Crippen molar-refractivity contribution in [3.63, 3.8) is 0 Å². The fourth-order valence-corrected chi connectivity index (χ4v) is 2.75. The lowest BCUT2D eigenvalue weighted by molar-refractivity contribution is -0.116. The first kappa shape index (κ1) is 15.9. The predicted molar refractivity (Wildman–Crippen MR) is 98.6 cm³/mol. The molecular formula is C19H17N5O2. The molecule has 0 aliphatic heterocycles. The summed E-state index contributed by atoms with van der Waals surface area (Å²) in [5.74, 6) is 0.827. The van der Waals surface area contributed by atoms with Crippen LogP contribution in [0.4, 0.5) is 11.8 Å². The number of hydrogen-bond donors (Lipinski definition) is 2. The predicted octanol–water partition coefficient (Wildman–Crippen LogP) is 3.28. The van der Waals surface area contributed by atoms with Crippen LogP contribution in [0.5, 0.6) is 0 Å². The Bertz CT molecular complexity index is 1010. The SMILES string of the molecule is O=C(Cn1c(NCc2ccccc2)nc2ccccc21)Nc1ccon1. The van der Waals surface area contributed by atoms with E-state index < -0.39 is 0 Å². The number of benzene rings is 2. The van der Waals surface area contributed by atoms with E-state index in [4.69, 9.17) is 4.52 Å². The largest absolute Gasteiger partial charge is 0.363 e. The van der Waals surface area contributed by atoms with E-state index in [0.29, 0.717) is 18.3 Å². The zero-order valence-electron chi connectivity index (χ0n) is 13.9. The van der Waals surface area contributed by atoms with Crippen LogP contribution in [0.2, 0.25) is 0 Å². The lowest BCUT2D eigenvalue weighted by atomic mass is 10.2. The summed E-state index contributed by atoms with van der Waals surface area (Å²) in [6.45, 7) is 0.736. The van der Waals surface area contributed by atoms with Crippen molar-refractivity contribution in [2.45, 2.75) is 13.1 Å². The number of rotatable bonds is 6. The number of amides is 1. The van der Waals surface area contributed by atoms with Crippen LogP contribution in [0, 0.1) is 0 Å². The first-order valence-corrected chi connectivity index (χ1v) is 8.23. The van der Waals surface area contributed by atoms with E-state index in [1.165, 1.54) is 6.26 Å². The van der Waals surface area contributed by atoms with Gasteiger partial charge in [-0.3, -0.25) is 4.79 Å². The Morgan fingerprint density at radius 3 is 2.65 bits per heavy atom. The van der Waals surface area contributed by atoms with Gasteiger partial charge >= 0.3 is 0 Å². The third kappa shape index (κ3) is 3.41. The van der Waals surface area contributed by atoms with Crippen LogP contribution in [0.3, 0.4) is 0 Å². The highest BCUT2D eigenvalue weighted by Gasteiger charge is 2.14. The number of fused-ring (bicyclic) bond motifs is 1. The van der Waals surface area contributed by atoms with Crippen LogP contribution in [-0.2, 0) is 17.9 Å². The highest BCUT2D eigenvalue weighted by molar-refractivity contribution is 5.91. The highest BCUT2D eigenvalue weighted by Crippen LogP contribution is 2.20. The summed E-state index contributed by atoms with van der Waals surface area (Å²) in [7, 11) is 0. The van der Waals surface area contributed by atoms with Gasteiger partial charge in [0.05, 0.1) is 11.0 Å². The second-order valence-electron chi connectivity index (χ2n) is 5.78. The molecule has 0 fully saturated rings. The van der Waals surface area contributed by atoms with Gasteiger partial charge < -0.3 is 19.7 Å². The third-order valence-corrected chi connectivity index (χ3v) is 3.96. The number of carbonyl (C=O) groups excluding carboxylic acids is 1. The molecule has 26 heavy (non-hydrogen) atoms. The van der Waals surface area contributed by atoms with Gasteiger partial charge in [0.15, 0.2) is 5.82 Å². The lowest BCUT2D eigenvalue weighted by Crippen LogP contribution is -2.20. The van der Waals surface area contributed by atoms with E-state index in [1.807, 2.05) is 59.2 Å². The first-order valence-electron chi connectivity index (χ1n) is 8.23. The molecule has 0 saturated carbocycles. The van der Waals surface area contributed by atoms with E-state index in [-0.39, 0.29) is 12.5 Å². The molecule has 2 aromatic carbocycles. The summed E-state index contributed by atoms with van der Waals surface area (Å²) in [6, 6.07) is 19.4. The zero-order valence-corrected chi connectivity index (χ0v) is 13.9. The molecule has 130 valence electrons. The van der Waals surface area contributed by atoms with Gasteiger partial charge in [-0.05, 0) is 17.7 Å². The van der Waals surface area contributed by atoms with Crippen molar-refractivity contribution in [2.75, 3.05) is 10.6 Å². The van der Waals surface area contributed by atoms with Gasteiger partial charge in [-0.2, -0.15) is 0 Å². The molecule has 7 nitrogen and oxygen atoms in total. The number of hydrogen-bond acceptors (Lipinski definition) is 5. The van der Waals surface area contributed by atoms with Crippen LogP contribution in [0.15, 0.2) is 71.4 Å². The van der Waals surface area contributed by atoms with Crippen molar-refractivity contribution >= 4 is 28.7 Å². The maximum atomic E-state index is 12.4. The Balaban J connectivity index is 1.58. The molecule has 7 heteroatoms. The van der Waals surface area contributed by atoms with Crippen LogP contribution in [0.1, 0.15) is 5.56 Å². The highest BCUT2D eigenvalue weighted by atomic mass is 16.5. The summed E-state index contributed by atoms with van der Waals surface area (Å²) in [5.41, 5.74) is 2.86. The molecule has 0 aliphatic carbocycles. The average Bonchev–Trinajstić information content (AvgIpc) is 3.29. The van der Waals surface area contributed by atoms with Crippen molar-refractivity contribution in [1.29, 1.82) is 0 Å². The molecule has 0 unspecified atom stereocenters. The smallest absolute Gasteiger partial charge is 0.245 e. The number of anilines is 2. The van der Waals surface area contributed by atoms with Gasteiger partial charge in [-0.1, -0.05) is 47.6 Å². The van der Waals surface area contributed by atoms with E-state index >= 15 is 0 Å². The summed E-state index contributed by atoms with van der Waals surface area (Å²) >= 11 is 0. The fourth-order valence-electron chi connectivity index (χ4n) is 2.75. The maximum absolute atomic E-state index is 12.4. The van der Waals surface area contributed by atoms with E-state index in [2.05, 4.69) is 20.8 Å². The summed E-state index contributed by atoms with van der Waals surface area (Å²) < 4.78 is 6.59. The number of nitrogens with one attached hydrogen (secondary N) is 2. The van der Waals surface area contributed by atoms with E-state index in [1.54, 1.807) is 6.07 Å². The molecule has 4 aromatic rings. The van der Waals surface area contributed by atoms with Crippen molar-refractivity contribution < 1.29 is 9.32 Å². The van der Waals surface area contributed by atoms with E-state index in [0.717, 1.165) is 16.6 Å². The monoisotopic (exact) mass is 347 g/mol. The van der Waals surface area contributed by atoms with Gasteiger partial charge in [0.2, 0.25) is 11.9 Å². The van der Waals surface area contributed by atoms with Crippen LogP contribution >= 0.6 is 0 Å². The third-order valence-electron chi connectivity index (χ3n) is 3.96. The minimum absolute atomic E-state index is 0.116. The van der Waals surface area contributed by atoms with E-state index in [9.17, 15) is 4.79 Å². The molecule has 2 aromatic heterocycles. The molecule has 0 aliphatic rings. The number of carbonyl (C=O) groups is 1. The molecule has 2 heterocycles. The van der Waals surface area contributed by atoms with Crippen LogP contribution in [0.25, 0.3) is 11.0 Å². The van der Waals surface area contributed by atoms with Crippen LogP contribution < -0.4 is 10.6 Å². The fraction of sp³-hybridized carbons (Fsp3) is 0.105. The zero-order chi connectivity index (χ0) is 17.8. The van der Waals surface area contributed by atoms with Crippen molar-refractivity contribution in [3.8, 4) is 0 Å². The molecular weight excluding hydrogens is 330 g/mol. The molecule has 1 amide bonds. The van der Waals surface area contributed by atoms with Crippen LogP contribution in [-0.4, -0.2) is 20.6 Å². The minimum atomic E-state index is -0.204. The van der Waals surface area contributed by atoms with Gasteiger partial charge in [0, 0.05) is 12.6 Å². The Morgan fingerprint density at radius 1 is 1.04 bits per heavy atom. The van der Waals surface area contributed by atoms with Crippen molar-refractivity contribution in [2.24, 2.45) is 0 Å². The molecule has 2 N–H and O–H groups in total. The number of para-hydroxylation sites is 2. The second-order valence-corrected chi connectivity index (χ2v) is 5.78. The molecule has 0 atom stereocenters. The first-order chi connectivity index (χ1) is 12.8. The van der Waals surface area contributed by atoms with Gasteiger partial charge in [0.25, 0.3) is 0 Å². The Hall–Kier alpha value is -3.61. The molecule has 0 bridgehead atoms. The normalized spacial score (nSPS) is 10.8. The summed E-state index contributed by atoms with van der Waals surface area (Å²) in [6.07, 6.45) is 1.41. The Morgan fingerprint density at radius 2 is 1.85 bits per heavy atom. The van der Waals surface area contributed by atoms with Gasteiger partial charge in [0.1, 0.15) is 12.8 Å². The average molecular weight is 347 g/mol. The molecule has 0 spiro atoms. The Kier molecular flexibility index (Phi) is 4.34. The number of nitrogens with zero attached hydrogens (tertiary/aromatic N) is 3. The van der Waals surface area contributed by atoms with Gasteiger partial charge in [-0.25, -0.2) is 4.98 Å². The molecule has 0 radical (unpaired) electrons. The maximum Gasteiger partial charge on any atom is 0.245 e. The topological polar surface area (TPSA) is 85.0 Å². The number of imidazole rings is 1. The molecule has 4 rings (SSSR count). The molecule has 0 saturated heterocycles. The second kappa shape index (κ2) is 7.10. The summed E-state index contributed by atoms with van der Waals surface area (Å²) in [5, 5.41) is 9.73. The quantitative estimate of drug-likeness (QED) is 0.559. The van der Waals surface area contributed by atoms with Gasteiger partial charge in [-0.15, -0.1) is 0 Å². The minimum Gasteiger partial charge on any atom is -0.363 e. The Labute approximate surface area is 149 Å². The standard InChI is InChI=1S/C19H17N5O2/c25-18(22-17-10-11-26-23-17)13-24-16-9-5-4-8-15(16)21-19(24)20-12-14-6-2-1-3-7-14/h1-11H,12-13H2,(H,20,21)(H,22,23,25). The summed E-state index contributed by atoms with van der Waals surface area (Å²) in [4.78, 5) is 17.0. The number of aromatic nitrogens is 3. The lowest BCUT2D eigenvalue weighted by Gasteiger charge is -2.10. The van der Waals surface area contributed by atoms with Crippen molar-refractivity contribution in [3.05, 3.63) is 72.5 Å².